The van der Waals surface area contributed by atoms with E-state index in [0.717, 1.165) is 0 Å². The molecule has 0 atom stereocenters. The maximum absolute atomic E-state index is 5.34. The Morgan fingerprint density at radius 2 is 1.73 bits per heavy atom. The Kier molecular flexibility index (Phi) is 3.43. The first-order chi connectivity index (χ1) is 4.89. The molecule has 2 nitrogen and oxygen atoms in total. The van der Waals surface area contributed by atoms with E-state index in [9.17, 15) is 0 Å². The molecule has 2 N–H and O–H groups in total. The molecule has 0 unspecified atom stereocenters. The first kappa shape index (κ1) is 10.3. The minimum absolute atomic E-state index is 0.157. The lowest BCUT2D eigenvalue weighted by Crippen LogP contribution is -2.41. The van der Waals surface area contributed by atoms with Gasteiger partial charge in [0.05, 0.1) is 0 Å². The van der Waals surface area contributed by atoms with Gasteiger partial charge in [0, 0.05) is 24.0 Å². The van der Waals surface area contributed by atoms with Crippen molar-refractivity contribution in [3.63, 3.8) is 0 Å². The molecule has 0 saturated carbocycles. The zero-order valence-electron chi connectivity index (χ0n) is 8.26. The summed E-state index contributed by atoms with van der Waals surface area (Å²) in [6, 6.07) is 0.495. The SMILES string of the molecule is CC(C)N(/C=C\N)C(C)(C)C. The van der Waals surface area contributed by atoms with E-state index in [2.05, 4.69) is 39.5 Å². The number of nitrogens with zero attached hydrogens (tertiary/aromatic N) is 1. The van der Waals surface area contributed by atoms with Crippen molar-refractivity contribution in [2.45, 2.75) is 46.2 Å². The van der Waals surface area contributed by atoms with E-state index in [-0.39, 0.29) is 5.54 Å². The highest BCUT2D eigenvalue weighted by Crippen LogP contribution is 2.16. The van der Waals surface area contributed by atoms with Crippen LogP contribution in [0.5, 0.6) is 0 Å². The van der Waals surface area contributed by atoms with Gasteiger partial charge in [0.15, 0.2) is 0 Å². The van der Waals surface area contributed by atoms with E-state index < -0.39 is 0 Å². The third-order valence-electron chi connectivity index (χ3n) is 1.58. The standard InChI is InChI=1S/C9H20N2/c1-8(2)11(7-6-10)9(3,4)5/h6-8H,10H2,1-5H3/b7-6-. The zero-order valence-corrected chi connectivity index (χ0v) is 8.26. The van der Waals surface area contributed by atoms with Crippen LogP contribution >= 0.6 is 0 Å². The molecule has 0 fully saturated rings. The Morgan fingerprint density at radius 1 is 1.27 bits per heavy atom. The zero-order chi connectivity index (χ0) is 9.07. The van der Waals surface area contributed by atoms with Crippen LogP contribution in [0, 0.1) is 0 Å². The fourth-order valence-corrected chi connectivity index (χ4v) is 1.26. The second-order valence-electron chi connectivity index (χ2n) is 4.01. The molecule has 0 aromatic heterocycles. The lowest BCUT2D eigenvalue weighted by Gasteiger charge is -2.38. The van der Waals surface area contributed by atoms with Crippen LogP contribution in [0.15, 0.2) is 12.4 Å². The fourth-order valence-electron chi connectivity index (χ4n) is 1.26. The summed E-state index contributed by atoms with van der Waals surface area (Å²) in [6.07, 6.45) is 3.52. The molecule has 11 heavy (non-hydrogen) atoms. The molecule has 0 saturated heterocycles. The van der Waals surface area contributed by atoms with Gasteiger partial charge in [0.2, 0.25) is 0 Å². The van der Waals surface area contributed by atoms with Crippen LogP contribution in [0.25, 0.3) is 0 Å². The van der Waals surface area contributed by atoms with Crippen molar-refractivity contribution in [1.82, 2.24) is 4.90 Å². The van der Waals surface area contributed by atoms with Gasteiger partial charge in [-0.05, 0) is 34.6 Å². The lowest BCUT2D eigenvalue weighted by molar-refractivity contribution is 0.164. The van der Waals surface area contributed by atoms with Crippen LogP contribution in [0.2, 0.25) is 0 Å². The maximum atomic E-state index is 5.34. The van der Waals surface area contributed by atoms with Crippen LogP contribution < -0.4 is 5.73 Å². The van der Waals surface area contributed by atoms with Crippen molar-refractivity contribution >= 4 is 0 Å². The van der Waals surface area contributed by atoms with Crippen LogP contribution in [-0.2, 0) is 0 Å². The Balaban J connectivity index is 4.35. The van der Waals surface area contributed by atoms with E-state index in [1.165, 1.54) is 0 Å². The van der Waals surface area contributed by atoms with Gasteiger partial charge < -0.3 is 10.6 Å². The van der Waals surface area contributed by atoms with E-state index in [1.54, 1.807) is 6.20 Å². The number of rotatable bonds is 2. The van der Waals surface area contributed by atoms with E-state index in [0.29, 0.717) is 6.04 Å². The van der Waals surface area contributed by atoms with E-state index >= 15 is 0 Å². The highest BCUT2D eigenvalue weighted by molar-refractivity contribution is 4.89. The topological polar surface area (TPSA) is 29.3 Å². The third kappa shape index (κ3) is 3.30. The second-order valence-corrected chi connectivity index (χ2v) is 4.01. The van der Waals surface area contributed by atoms with Gasteiger partial charge in [-0.2, -0.15) is 0 Å². The molecule has 0 heterocycles. The van der Waals surface area contributed by atoms with Crippen molar-refractivity contribution in [2.75, 3.05) is 0 Å². The predicted molar refractivity (Wildman–Crippen MR) is 50.1 cm³/mol. The number of nitrogens with two attached hydrogens (primary N) is 1. The summed E-state index contributed by atoms with van der Waals surface area (Å²) >= 11 is 0. The molecule has 0 aliphatic carbocycles. The summed E-state index contributed by atoms with van der Waals surface area (Å²) in [5, 5.41) is 0. The molecule has 0 aromatic rings. The van der Waals surface area contributed by atoms with E-state index in [1.807, 2.05) is 6.20 Å². The quantitative estimate of drug-likeness (QED) is 0.662. The third-order valence-corrected chi connectivity index (χ3v) is 1.58. The average Bonchev–Trinajstić information content (AvgIpc) is 1.79. The van der Waals surface area contributed by atoms with Crippen LogP contribution in [0.4, 0.5) is 0 Å². The molecular formula is C9H20N2. The van der Waals surface area contributed by atoms with Gasteiger partial charge in [-0.3, -0.25) is 0 Å². The van der Waals surface area contributed by atoms with Crippen LogP contribution in [-0.4, -0.2) is 16.5 Å². The molecule has 0 rings (SSSR count). The van der Waals surface area contributed by atoms with Crippen molar-refractivity contribution in [3.05, 3.63) is 12.4 Å². The van der Waals surface area contributed by atoms with Crippen molar-refractivity contribution < 1.29 is 0 Å². The molecule has 2 heteroatoms. The first-order valence-corrected chi connectivity index (χ1v) is 4.06. The Labute approximate surface area is 70.1 Å². The summed E-state index contributed by atoms with van der Waals surface area (Å²) < 4.78 is 0. The van der Waals surface area contributed by atoms with Gasteiger partial charge in [-0.25, -0.2) is 0 Å². The normalized spacial score (nSPS) is 12.9. The van der Waals surface area contributed by atoms with Crippen molar-refractivity contribution in [3.8, 4) is 0 Å². The largest absolute Gasteiger partial charge is 0.403 e. The molecule has 0 radical (unpaired) electrons. The minimum Gasteiger partial charge on any atom is -0.403 e. The highest BCUT2D eigenvalue weighted by Gasteiger charge is 2.19. The predicted octanol–water partition coefficient (Wildman–Crippen LogP) is 1.93. The molecule has 0 amide bonds. The second kappa shape index (κ2) is 3.65. The van der Waals surface area contributed by atoms with Gasteiger partial charge >= 0.3 is 0 Å². The summed E-state index contributed by atoms with van der Waals surface area (Å²) in [5.41, 5.74) is 5.50. The average molecular weight is 156 g/mol. The smallest absolute Gasteiger partial charge is 0.0315 e. The molecule has 0 spiro atoms. The lowest BCUT2D eigenvalue weighted by atomic mass is 10.0. The summed E-state index contributed by atoms with van der Waals surface area (Å²) in [4.78, 5) is 2.23. The van der Waals surface area contributed by atoms with Crippen LogP contribution in [0.3, 0.4) is 0 Å². The summed E-state index contributed by atoms with van der Waals surface area (Å²) in [7, 11) is 0. The molecule has 66 valence electrons. The fraction of sp³-hybridized carbons (Fsp3) is 0.778. The number of hydrogen-bond donors (Lipinski definition) is 1. The first-order valence-electron chi connectivity index (χ1n) is 4.06. The molecular weight excluding hydrogens is 136 g/mol. The molecule has 0 aliphatic rings. The van der Waals surface area contributed by atoms with Crippen molar-refractivity contribution in [2.24, 2.45) is 5.73 Å². The number of hydrogen-bond acceptors (Lipinski definition) is 2. The van der Waals surface area contributed by atoms with Gasteiger partial charge in [0.1, 0.15) is 0 Å². The van der Waals surface area contributed by atoms with Crippen LogP contribution in [0.1, 0.15) is 34.6 Å². The highest BCUT2D eigenvalue weighted by atomic mass is 15.2. The monoisotopic (exact) mass is 156 g/mol. The van der Waals surface area contributed by atoms with Crippen molar-refractivity contribution in [1.29, 1.82) is 0 Å². The maximum Gasteiger partial charge on any atom is 0.0315 e. The van der Waals surface area contributed by atoms with Gasteiger partial charge in [-0.1, -0.05) is 0 Å². The van der Waals surface area contributed by atoms with E-state index in [4.69, 9.17) is 5.73 Å². The Morgan fingerprint density at radius 3 is 1.82 bits per heavy atom. The minimum atomic E-state index is 0.157. The summed E-state index contributed by atoms with van der Waals surface area (Å²) in [5.74, 6) is 0. The van der Waals surface area contributed by atoms with Gasteiger partial charge in [-0.15, -0.1) is 0 Å². The Bertz CT molecular complexity index is 131. The molecule has 0 bridgehead atoms. The molecule has 0 aromatic carbocycles. The summed E-state index contributed by atoms with van der Waals surface area (Å²) in [6.45, 7) is 10.8. The Hall–Kier alpha value is -0.660. The van der Waals surface area contributed by atoms with Gasteiger partial charge in [0.25, 0.3) is 0 Å². The molecule has 0 aliphatic heterocycles.